The fourth-order valence-electron chi connectivity index (χ4n) is 2.05. The van der Waals surface area contributed by atoms with E-state index in [0.717, 1.165) is 12.2 Å². The van der Waals surface area contributed by atoms with Crippen LogP contribution >= 0.6 is 11.8 Å². The number of sulfonamides is 1. The van der Waals surface area contributed by atoms with Gasteiger partial charge in [-0.2, -0.15) is 16.9 Å². The molecule has 0 spiro atoms. The SMILES string of the molecule is CCn1nc(C)c(S(=O)(=O)N[C@H](C)CCSC)c1C. The summed E-state index contributed by atoms with van der Waals surface area (Å²) < 4.78 is 29.3. The Balaban J connectivity index is 2.98. The van der Waals surface area contributed by atoms with Gasteiger partial charge in [0.15, 0.2) is 0 Å². The van der Waals surface area contributed by atoms with Gasteiger partial charge in [-0.25, -0.2) is 13.1 Å². The van der Waals surface area contributed by atoms with Gasteiger partial charge in [-0.3, -0.25) is 4.68 Å². The van der Waals surface area contributed by atoms with Gasteiger partial charge >= 0.3 is 0 Å². The second kappa shape index (κ2) is 6.76. The minimum absolute atomic E-state index is 0.0683. The molecule has 1 aromatic rings. The number of nitrogens with zero attached hydrogens (tertiary/aromatic N) is 2. The molecular formula is C12H23N3O2S2. The van der Waals surface area contributed by atoms with Crippen LogP contribution in [0.4, 0.5) is 0 Å². The van der Waals surface area contributed by atoms with Crippen LogP contribution in [-0.4, -0.2) is 36.2 Å². The van der Waals surface area contributed by atoms with Gasteiger partial charge < -0.3 is 0 Å². The van der Waals surface area contributed by atoms with Crippen LogP contribution in [0.5, 0.6) is 0 Å². The van der Waals surface area contributed by atoms with Gasteiger partial charge in [-0.15, -0.1) is 0 Å². The van der Waals surface area contributed by atoms with E-state index in [1.165, 1.54) is 0 Å². The zero-order valence-electron chi connectivity index (χ0n) is 12.2. The minimum Gasteiger partial charge on any atom is -0.268 e. The summed E-state index contributed by atoms with van der Waals surface area (Å²) in [7, 11) is -3.48. The predicted octanol–water partition coefficient (Wildman–Crippen LogP) is 1.94. The van der Waals surface area contributed by atoms with Crippen LogP contribution < -0.4 is 4.72 Å². The highest BCUT2D eigenvalue weighted by Gasteiger charge is 2.25. The standard InChI is InChI=1S/C12H23N3O2S2/c1-6-15-11(4)12(10(3)13-15)19(16,17)14-9(2)7-8-18-5/h9,14H,6-8H2,1-5H3/t9-/m1/s1. The topological polar surface area (TPSA) is 64.0 Å². The highest BCUT2D eigenvalue weighted by atomic mass is 32.2. The monoisotopic (exact) mass is 305 g/mol. The second-order valence-corrected chi connectivity index (χ2v) is 7.26. The third kappa shape index (κ3) is 3.97. The van der Waals surface area contributed by atoms with Gasteiger partial charge in [-0.1, -0.05) is 0 Å². The molecule has 0 radical (unpaired) electrons. The maximum atomic E-state index is 12.4. The molecule has 5 nitrogen and oxygen atoms in total. The second-order valence-electron chi connectivity index (χ2n) is 4.62. The minimum atomic E-state index is -3.48. The van der Waals surface area contributed by atoms with Gasteiger partial charge in [0.25, 0.3) is 0 Å². The van der Waals surface area contributed by atoms with Gasteiger partial charge in [-0.05, 0) is 46.1 Å². The average molecular weight is 305 g/mol. The molecule has 0 aromatic carbocycles. The Morgan fingerprint density at radius 3 is 2.53 bits per heavy atom. The first-order valence-corrected chi connectivity index (χ1v) is 9.26. The molecule has 1 atom stereocenters. The molecule has 0 saturated heterocycles. The number of hydrogen-bond donors (Lipinski definition) is 1. The lowest BCUT2D eigenvalue weighted by molar-refractivity contribution is 0.555. The summed E-state index contributed by atoms with van der Waals surface area (Å²) in [5, 5.41) is 4.26. The first-order chi connectivity index (χ1) is 8.83. The fourth-order valence-corrected chi connectivity index (χ4v) is 4.33. The van der Waals surface area contributed by atoms with E-state index in [1.54, 1.807) is 30.3 Å². The maximum Gasteiger partial charge on any atom is 0.244 e. The van der Waals surface area contributed by atoms with Crippen molar-refractivity contribution < 1.29 is 8.42 Å². The first-order valence-electron chi connectivity index (χ1n) is 6.38. The summed E-state index contributed by atoms with van der Waals surface area (Å²) >= 11 is 1.71. The van der Waals surface area contributed by atoms with Crippen molar-refractivity contribution in [1.29, 1.82) is 0 Å². The van der Waals surface area contributed by atoms with Crippen LogP contribution in [0.3, 0.4) is 0 Å². The molecule has 7 heteroatoms. The number of rotatable bonds is 7. The maximum absolute atomic E-state index is 12.4. The molecule has 0 aliphatic rings. The molecule has 0 bridgehead atoms. The number of nitrogens with one attached hydrogen (secondary N) is 1. The van der Waals surface area contributed by atoms with Crippen molar-refractivity contribution in [3.8, 4) is 0 Å². The third-order valence-electron chi connectivity index (χ3n) is 2.99. The van der Waals surface area contributed by atoms with Crippen molar-refractivity contribution in [2.24, 2.45) is 0 Å². The Bertz CT molecular complexity index is 523. The largest absolute Gasteiger partial charge is 0.268 e. The molecule has 0 aliphatic heterocycles. The normalized spacial score (nSPS) is 13.7. The van der Waals surface area contributed by atoms with E-state index in [1.807, 2.05) is 20.1 Å². The zero-order chi connectivity index (χ0) is 14.6. The van der Waals surface area contributed by atoms with E-state index in [-0.39, 0.29) is 6.04 Å². The molecule has 1 N–H and O–H groups in total. The molecule has 0 saturated carbocycles. The summed E-state index contributed by atoms with van der Waals surface area (Å²) in [5.74, 6) is 0.940. The summed E-state index contributed by atoms with van der Waals surface area (Å²) in [6.07, 6.45) is 2.83. The average Bonchev–Trinajstić information content (AvgIpc) is 2.61. The molecule has 1 heterocycles. The lowest BCUT2D eigenvalue weighted by Gasteiger charge is -2.14. The van der Waals surface area contributed by atoms with E-state index in [0.29, 0.717) is 22.8 Å². The van der Waals surface area contributed by atoms with E-state index in [9.17, 15) is 8.42 Å². The molecule has 110 valence electrons. The van der Waals surface area contributed by atoms with Crippen LogP contribution in [0, 0.1) is 13.8 Å². The fraction of sp³-hybridized carbons (Fsp3) is 0.750. The Morgan fingerprint density at radius 2 is 2.05 bits per heavy atom. The van der Waals surface area contributed by atoms with E-state index < -0.39 is 10.0 Å². The van der Waals surface area contributed by atoms with Gasteiger partial charge in [0.1, 0.15) is 4.90 Å². The molecule has 1 rings (SSSR count). The quantitative estimate of drug-likeness (QED) is 0.836. The van der Waals surface area contributed by atoms with Crippen molar-refractivity contribution in [3.05, 3.63) is 11.4 Å². The lowest BCUT2D eigenvalue weighted by Crippen LogP contribution is -2.33. The zero-order valence-corrected chi connectivity index (χ0v) is 13.9. The Morgan fingerprint density at radius 1 is 1.42 bits per heavy atom. The van der Waals surface area contributed by atoms with Gasteiger partial charge in [0, 0.05) is 12.6 Å². The molecule has 0 amide bonds. The van der Waals surface area contributed by atoms with Gasteiger partial charge in [0.2, 0.25) is 10.0 Å². The molecule has 0 aliphatic carbocycles. The van der Waals surface area contributed by atoms with Crippen molar-refractivity contribution in [3.63, 3.8) is 0 Å². The summed E-state index contributed by atoms with van der Waals surface area (Å²) in [6.45, 7) is 8.04. The van der Waals surface area contributed by atoms with E-state index >= 15 is 0 Å². The van der Waals surface area contributed by atoms with E-state index in [2.05, 4.69) is 9.82 Å². The summed E-state index contributed by atoms with van der Waals surface area (Å²) in [6, 6.07) is -0.0683. The molecule has 1 aromatic heterocycles. The highest BCUT2D eigenvalue weighted by Crippen LogP contribution is 2.19. The third-order valence-corrected chi connectivity index (χ3v) is 5.48. The van der Waals surface area contributed by atoms with Crippen molar-refractivity contribution in [2.45, 2.75) is 51.6 Å². The van der Waals surface area contributed by atoms with Crippen LogP contribution in [0.1, 0.15) is 31.7 Å². The van der Waals surface area contributed by atoms with E-state index in [4.69, 9.17) is 0 Å². The van der Waals surface area contributed by atoms with Gasteiger partial charge in [0.05, 0.1) is 11.4 Å². The highest BCUT2D eigenvalue weighted by molar-refractivity contribution is 7.98. The van der Waals surface area contributed by atoms with Crippen molar-refractivity contribution in [2.75, 3.05) is 12.0 Å². The first kappa shape index (κ1) is 16.5. The number of hydrogen-bond acceptors (Lipinski definition) is 4. The Kier molecular flexibility index (Phi) is 5.88. The molecule has 0 unspecified atom stereocenters. The van der Waals surface area contributed by atoms with Crippen LogP contribution in [-0.2, 0) is 16.6 Å². The van der Waals surface area contributed by atoms with Crippen molar-refractivity contribution >= 4 is 21.8 Å². The smallest absolute Gasteiger partial charge is 0.244 e. The number of aryl methyl sites for hydroxylation is 2. The number of aromatic nitrogens is 2. The van der Waals surface area contributed by atoms with Crippen LogP contribution in [0.25, 0.3) is 0 Å². The summed E-state index contributed by atoms with van der Waals surface area (Å²) in [4.78, 5) is 0.324. The predicted molar refractivity (Wildman–Crippen MR) is 80.2 cm³/mol. The summed E-state index contributed by atoms with van der Waals surface area (Å²) in [5.41, 5.74) is 1.26. The Hall–Kier alpha value is -0.530. The Labute approximate surface area is 120 Å². The number of thioether (sulfide) groups is 1. The lowest BCUT2D eigenvalue weighted by atomic mass is 10.3. The van der Waals surface area contributed by atoms with Crippen LogP contribution in [0.2, 0.25) is 0 Å². The van der Waals surface area contributed by atoms with Crippen LogP contribution in [0.15, 0.2) is 4.90 Å². The molecular weight excluding hydrogens is 282 g/mol. The van der Waals surface area contributed by atoms with Crippen molar-refractivity contribution in [1.82, 2.24) is 14.5 Å². The molecule has 0 fully saturated rings. The molecule has 19 heavy (non-hydrogen) atoms.